The number of pyridine rings is 1. The highest BCUT2D eigenvalue weighted by atomic mass is 16.2. The SMILES string of the molecule is N#Cc1ccc(N2C(=O)CC(N(Cc3cccnc3)C(=O)C34CC5CC(CC(C5)C3)C4)C2=O)cc1. The van der Waals surface area contributed by atoms with Crippen LogP contribution in [0.3, 0.4) is 0 Å². The highest BCUT2D eigenvalue weighted by molar-refractivity contribution is 6.23. The number of carbonyl (C=O) groups is 3. The van der Waals surface area contributed by atoms with Crippen molar-refractivity contribution in [3.63, 3.8) is 0 Å². The molecule has 5 aliphatic rings. The van der Waals surface area contributed by atoms with Gasteiger partial charge in [-0.3, -0.25) is 19.4 Å². The molecule has 4 bridgehead atoms. The Kier molecular flexibility index (Phi) is 5.21. The van der Waals surface area contributed by atoms with E-state index in [4.69, 9.17) is 5.26 Å². The van der Waals surface area contributed by atoms with E-state index < -0.39 is 11.5 Å². The lowest BCUT2D eigenvalue weighted by molar-refractivity contribution is -0.162. The summed E-state index contributed by atoms with van der Waals surface area (Å²) in [5, 5.41) is 9.08. The van der Waals surface area contributed by atoms with Crippen molar-refractivity contribution in [2.75, 3.05) is 4.90 Å². The monoisotopic (exact) mass is 468 g/mol. The average Bonchev–Trinajstić information content (AvgIpc) is 3.15. The molecule has 1 aromatic carbocycles. The summed E-state index contributed by atoms with van der Waals surface area (Å²) in [7, 11) is 0. The molecular weight excluding hydrogens is 440 g/mol. The molecule has 178 valence electrons. The lowest BCUT2D eigenvalue weighted by Gasteiger charge is -2.56. The van der Waals surface area contributed by atoms with Gasteiger partial charge in [0.2, 0.25) is 11.8 Å². The summed E-state index contributed by atoms with van der Waals surface area (Å²) in [4.78, 5) is 48.2. The van der Waals surface area contributed by atoms with Crippen molar-refractivity contribution in [1.82, 2.24) is 9.88 Å². The number of imide groups is 1. The van der Waals surface area contributed by atoms with Gasteiger partial charge in [0.15, 0.2) is 0 Å². The molecule has 35 heavy (non-hydrogen) atoms. The lowest BCUT2D eigenvalue weighted by atomic mass is 9.49. The molecule has 0 N–H and O–H groups in total. The van der Waals surface area contributed by atoms with Crippen molar-refractivity contribution in [2.24, 2.45) is 23.2 Å². The van der Waals surface area contributed by atoms with E-state index in [1.165, 1.54) is 24.2 Å². The van der Waals surface area contributed by atoms with Crippen LogP contribution in [0.1, 0.15) is 56.1 Å². The molecule has 1 unspecified atom stereocenters. The van der Waals surface area contributed by atoms with Gasteiger partial charge in [-0.25, -0.2) is 4.90 Å². The molecule has 7 nitrogen and oxygen atoms in total. The second-order valence-electron chi connectivity index (χ2n) is 10.9. The fourth-order valence-corrected chi connectivity index (χ4v) is 7.50. The highest BCUT2D eigenvalue weighted by Gasteiger charge is 2.57. The van der Waals surface area contributed by atoms with Crippen LogP contribution in [-0.4, -0.2) is 33.6 Å². The largest absolute Gasteiger partial charge is 0.325 e. The van der Waals surface area contributed by atoms with Gasteiger partial charge in [0.1, 0.15) is 6.04 Å². The smallest absolute Gasteiger partial charge is 0.257 e. The third-order valence-corrected chi connectivity index (χ3v) is 8.58. The van der Waals surface area contributed by atoms with E-state index in [-0.39, 0.29) is 30.7 Å². The molecule has 1 aromatic heterocycles. The first-order valence-electron chi connectivity index (χ1n) is 12.5. The fourth-order valence-electron chi connectivity index (χ4n) is 7.50. The van der Waals surface area contributed by atoms with Crippen LogP contribution in [-0.2, 0) is 20.9 Å². The summed E-state index contributed by atoms with van der Waals surface area (Å²) in [6.45, 7) is 0.263. The second kappa shape index (κ2) is 8.30. The molecule has 1 atom stereocenters. The predicted molar refractivity (Wildman–Crippen MR) is 127 cm³/mol. The minimum absolute atomic E-state index is 0.0306. The summed E-state index contributed by atoms with van der Waals surface area (Å²) in [6.07, 6.45) is 9.75. The maximum absolute atomic E-state index is 14.4. The van der Waals surface area contributed by atoms with E-state index in [2.05, 4.69) is 11.1 Å². The minimum Gasteiger partial charge on any atom is -0.325 e. The minimum atomic E-state index is -0.834. The van der Waals surface area contributed by atoms with Crippen LogP contribution in [0.25, 0.3) is 0 Å². The summed E-state index contributed by atoms with van der Waals surface area (Å²) in [5.74, 6) is 1.14. The van der Waals surface area contributed by atoms with Gasteiger partial charge in [-0.15, -0.1) is 0 Å². The zero-order chi connectivity index (χ0) is 24.2. The Morgan fingerprint density at radius 1 is 1.06 bits per heavy atom. The molecule has 1 aliphatic heterocycles. The molecule has 0 spiro atoms. The van der Waals surface area contributed by atoms with Gasteiger partial charge in [-0.2, -0.15) is 5.26 Å². The number of hydrogen-bond donors (Lipinski definition) is 0. The van der Waals surface area contributed by atoms with Gasteiger partial charge in [-0.05, 0) is 92.2 Å². The molecule has 2 aromatic rings. The van der Waals surface area contributed by atoms with E-state index >= 15 is 0 Å². The Morgan fingerprint density at radius 2 is 1.71 bits per heavy atom. The van der Waals surface area contributed by atoms with E-state index in [0.29, 0.717) is 29.0 Å². The van der Waals surface area contributed by atoms with E-state index in [1.54, 1.807) is 41.6 Å². The zero-order valence-electron chi connectivity index (χ0n) is 19.6. The lowest BCUT2D eigenvalue weighted by Crippen LogP contribution is -2.57. The average molecular weight is 469 g/mol. The van der Waals surface area contributed by atoms with E-state index in [0.717, 1.165) is 24.8 Å². The van der Waals surface area contributed by atoms with Gasteiger partial charge >= 0.3 is 0 Å². The second-order valence-corrected chi connectivity index (χ2v) is 10.9. The molecule has 4 saturated carbocycles. The van der Waals surface area contributed by atoms with Crippen molar-refractivity contribution in [2.45, 2.75) is 57.5 Å². The number of aromatic nitrogens is 1. The Labute approximate surface area is 204 Å². The summed E-state index contributed by atoms with van der Waals surface area (Å²) in [5.41, 5.74) is 1.33. The summed E-state index contributed by atoms with van der Waals surface area (Å²) in [6, 6.07) is 11.4. The van der Waals surface area contributed by atoms with Crippen LogP contribution < -0.4 is 4.90 Å². The number of carbonyl (C=O) groups excluding carboxylic acids is 3. The van der Waals surface area contributed by atoms with Gasteiger partial charge < -0.3 is 4.90 Å². The topological polar surface area (TPSA) is 94.4 Å². The van der Waals surface area contributed by atoms with Crippen LogP contribution in [0.5, 0.6) is 0 Å². The van der Waals surface area contributed by atoms with Crippen molar-refractivity contribution in [1.29, 1.82) is 5.26 Å². The summed E-state index contributed by atoms with van der Waals surface area (Å²) >= 11 is 0. The van der Waals surface area contributed by atoms with Crippen LogP contribution in [0, 0.1) is 34.5 Å². The van der Waals surface area contributed by atoms with Crippen LogP contribution in [0.15, 0.2) is 48.8 Å². The maximum atomic E-state index is 14.4. The number of hydrogen-bond acceptors (Lipinski definition) is 5. The molecule has 1 saturated heterocycles. The van der Waals surface area contributed by atoms with Crippen molar-refractivity contribution >= 4 is 23.4 Å². The first-order valence-corrected chi connectivity index (χ1v) is 12.5. The van der Waals surface area contributed by atoms with Crippen molar-refractivity contribution < 1.29 is 14.4 Å². The number of anilines is 1. The number of benzene rings is 1. The van der Waals surface area contributed by atoms with Crippen molar-refractivity contribution in [3.8, 4) is 6.07 Å². The van der Waals surface area contributed by atoms with Crippen LogP contribution in [0.2, 0.25) is 0 Å². The van der Waals surface area contributed by atoms with Gasteiger partial charge in [0.05, 0.1) is 29.2 Å². The molecule has 4 aliphatic carbocycles. The molecule has 0 radical (unpaired) electrons. The molecule has 2 heterocycles. The quantitative estimate of drug-likeness (QED) is 0.622. The van der Waals surface area contributed by atoms with Crippen LogP contribution >= 0.6 is 0 Å². The Morgan fingerprint density at radius 3 is 2.29 bits per heavy atom. The third-order valence-electron chi connectivity index (χ3n) is 8.58. The number of nitriles is 1. The van der Waals surface area contributed by atoms with E-state index in [1.807, 2.05) is 12.1 Å². The first kappa shape index (κ1) is 22.0. The van der Waals surface area contributed by atoms with Gasteiger partial charge in [-0.1, -0.05) is 6.07 Å². The zero-order valence-corrected chi connectivity index (χ0v) is 19.6. The Hall–Kier alpha value is -3.53. The maximum Gasteiger partial charge on any atom is 0.257 e. The van der Waals surface area contributed by atoms with Crippen molar-refractivity contribution in [3.05, 3.63) is 59.9 Å². The Bertz CT molecular complexity index is 1180. The number of amides is 3. The number of rotatable bonds is 5. The van der Waals surface area contributed by atoms with Gasteiger partial charge in [0, 0.05) is 18.9 Å². The molecule has 3 amide bonds. The molecule has 5 fully saturated rings. The highest BCUT2D eigenvalue weighted by Crippen LogP contribution is 2.60. The standard InChI is InChI=1S/C28H28N4O3/c29-15-18-3-5-23(6-4-18)32-25(33)11-24(26(32)34)31(17-19-2-1-7-30-16-19)27(35)28-12-20-8-21(13-28)10-22(9-20)14-28/h1-7,16,20-22,24H,8-14,17H2. The van der Waals surface area contributed by atoms with Gasteiger partial charge in [0.25, 0.3) is 5.91 Å². The molecule has 7 heteroatoms. The summed E-state index contributed by atoms with van der Waals surface area (Å²) < 4.78 is 0. The van der Waals surface area contributed by atoms with E-state index in [9.17, 15) is 14.4 Å². The number of nitrogens with zero attached hydrogens (tertiary/aromatic N) is 4. The Balaban J connectivity index is 1.33. The normalized spacial score (nSPS) is 31.0. The van der Waals surface area contributed by atoms with Crippen LogP contribution in [0.4, 0.5) is 5.69 Å². The fraction of sp³-hybridized carbons (Fsp3) is 0.464. The first-order chi connectivity index (χ1) is 17.0. The predicted octanol–water partition coefficient (Wildman–Crippen LogP) is 3.83. The molecular formula is C28H28N4O3. The third kappa shape index (κ3) is 3.72. The molecule has 7 rings (SSSR count).